The molecule has 0 saturated heterocycles. The molecule has 0 aliphatic carbocycles. The van der Waals surface area contributed by atoms with Crippen LogP contribution in [0.5, 0.6) is 0 Å². The van der Waals surface area contributed by atoms with Gasteiger partial charge in [-0.1, -0.05) is 5.16 Å². The van der Waals surface area contributed by atoms with E-state index in [0.29, 0.717) is 6.42 Å². The first-order valence-electron chi connectivity index (χ1n) is 4.60. The standard InChI is InChI=1S/C9H15N5O/c1-7(5-8(10)13-15)14(2)9-6-11-3-4-12-9/h3-4,6-7,15H,5H2,1-2H3,(H2,10,13). The van der Waals surface area contributed by atoms with E-state index in [4.69, 9.17) is 10.9 Å². The van der Waals surface area contributed by atoms with Crippen molar-refractivity contribution in [2.24, 2.45) is 10.9 Å². The third-order valence-corrected chi connectivity index (χ3v) is 2.21. The molecular weight excluding hydrogens is 194 g/mol. The van der Waals surface area contributed by atoms with Crippen LogP contribution in [-0.4, -0.2) is 34.1 Å². The Morgan fingerprint density at radius 2 is 2.40 bits per heavy atom. The second-order valence-corrected chi connectivity index (χ2v) is 3.32. The molecule has 1 rings (SSSR count). The highest BCUT2D eigenvalue weighted by Crippen LogP contribution is 2.11. The van der Waals surface area contributed by atoms with Crippen molar-refractivity contribution >= 4 is 11.7 Å². The Morgan fingerprint density at radius 3 is 2.93 bits per heavy atom. The molecule has 0 aliphatic rings. The molecule has 0 spiro atoms. The lowest BCUT2D eigenvalue weighted by molar-refractivity contribution is 0.316. The van der Waals surface area contributed by atoms with Crippen LogP contribution in [0.4, 0.5) is 5.82 Å². The first-order valence-corrected chi connectivity index (χ1v) is 4.60. The molecule has 0 amide bonds. The van der Waals surface area contributed by atoms with Gasteiger partial charge in [-0.05, 0) is 6.92 Å². The van der Waals surface area contributed by atoms with Crippen LogP contribution >= 0.6 is 0 Å². The number of rotatable bonds is 4. The molecule has 0 bridgehead atoms. The number of anilines is 1. The Bertz CT molecular complexity index is 327. The molecule has 1 aromatic rings. The second-order valence-electron chi connectivity index (χ2n) is 3.32. The summed E-state index contributed by atoms with van der Waals surface area (Å²) >= 11 is 0. The normalized spacial score (nSPS) is 13.6. The smallest absolute Gasteiger partial charge is 0.147 e. The summed E-state index contributed by atoms with van der Waals surface area (Å²) in [4.78, 5) is 10.0. The predicted molar refractivity (Wildman–Crippen MR) is 57.9 cm³/mol. The van der Waals surface area contributed by atoms with E-state index in [1.165, 1.54) is 0 Å². The molecule has 3 N–H and O–H groups in total. The Labute approximate surface area is 88.4 Å². The minimum absolute atomic E-state index is 0.0950. The van der Waals surface area contributed by atoms with Gasteiger partial charge in [-0.3, -0.25) is 4.98 Å². The summed E-state index contributed by atoms with van der Waals surface area (Å²) in [5, 5.41) is 11.4. The van der Waals surface area contributed by atoms with Gasteiger partial charge in [0.2, 0.25) is 0 Å². The minimum Gasteiger partial charge on any atom is -0.409 e. The maximum absolute atomic E-state index is 8.45. The van der Waals surface area contributed by atoms with E-state index in [0.717, 1.165) is 5.82 Å². The van der Waals surface area contributed by atoms with Crippen LogP contribution < -0.4 is 10.6 Å². The molecule has 0 aliphatic heterocycles. The average Bonchev–Trinajstić information content (AvgIpc) is 2.29. The molecule has 1 unspecified atom stereocenters. The minimum atomic E-state index is 0.0950. The van der Waals surface area contributed by atoms with Gasteiger partial charge < -0.3 is 15.8 Å². The maximum Gasteiger partial charge on any atom is 0.147 e. The lowest BCUT2D eigenvalue weighted by Gasteiger charge is -2.24. The summed E-state index contributed by atoms with van der Waals surface area (Å²) in [6.07, 6.45) is 5.39. The Hall–Kier alpha value is -1.85. The summed E-state index contributed by atoms with van der Waals surface area (Å²) in [5.41, 5.74) is 5.43. The van der Waals surface area contributed by atoms with E-state index in [1.807, 2.05) is 18.9 Å². The van der Waals surface area contributed by atoms with Crippen LogP contribution in [0.3, 0.4) is 0 Å². The van der Waals surface area contributed by atoms with Crippen molar-refractivity contribution in [3.63, 3.8) is 0 Å². The summed E-state index contributed by atoms with van der Waals surface area (Å²) in [5.74, 6) is 0.967. The van der Waals surface area contributed by atoms with E-state index in [2.05, 4.69) is 15.1 Å². The molecule has 6 nitrogen and oxygen atoms in total. The lowest BCUT2D eigenvalue weighted by atomic mass is 10.2. The quantitative estimate of drug-likeness (QED) is 0.325. The number of nitrogens with two attached hydrogens (primary N) is 1. The number of oxime groups is 1. The summed E-state index contributed by atoms with van der Waals surface area (Å²) < 4.78 is 0. The highest BCUT2D eigenvalue weighted by atomic mass is 16.4. The van der Waals surface area contributed by atoms with Crippen LogP contribution in [0.1, 0.15) is 13.3 Å². The zero-order valence-corrected chi connectivity index (χ0v) is 8.83. The van der Waals surface area contributed by atoms with Crippen LogP contribution in [-0.2, 0) is 0 Å². The van der Waals surface area contributed by atoms with Crippen LogP contribution in [0, 0.1) is 0 Å². The fourth-order valence-electron chi connectivity index (χ4n) is 1.18. The van der Waals surface area contributed by atoms with Crippen molar-refractivity contribution < 1.29 is 5.21 Å². The van der Waals surface area contributed by atoms with Gasteiger partial charge in [0.05, 0.1) is 6.20 Å². The van der Waals surface area contributed by atoms with E-state index in [-0.39, 0.29) is 11.9 Å². The van der Waals surface area contributed by atoms with Crippen LogP contribution in [0.2, 0.25) is 0 Å². The van der Waals surface area contributed by atoms with Gasteiger partial charge in [-0.15, -0.1) is 0 Å². The first kappa shape index (κ1) is 11.2. The van der Waals surface area contributed by atoms with Crippen molar-refractivity contribution in [2.45, 2.75) is 19.4 Å². The topological polar surface area (TPSA) is 87.6 Å². The summed E-state index contributed by atoms with van der Waals surface area (Å²) in [6, 6.07) is 0.0950. The fourth-order valence-corrected chi connectivity index (χ4v) is 1.18. The molecule has 0 aromatic carbocycles. The highest BCUT2D eigenvalue weighted by Gasteiger charge is 2.12. The zero-order chi connectivity index (χ0) is 11.3. The van der Waals surface area contributed by atoms with Gasteiger partial charge in [0.1, 0.15) is 11.7 Å². The van der Waals surface area contributed by atoms with Crippen LogP contribution in [0.15, 0.2) is 23.7 Å². The number of nitrogens with zero attached hydrogens (tertiary/aromatic N) is 4. The van der Waals surface area contributed by atoms with Gasteiger partial charge in [0, 0.05) is 31.9 Å². The van der Waals surface area contributed by atoms with E-state index < -0.39 is 0 Å². The molecule has 6 heteroatoms. The molecule has 0 fully saturated rings. The van der Waals surface area contributed by atoms with Crippen molar-refractivity contribution in [1.29, 1.82) is 0 Å². The average molecular weight is 209 g/mol. The monoisotopic (exact) mass is 209 g/mol. The number of hydrogen-bond acceptors (Lipinski definition) is 5. The molecule has 82 valence electrons. The van der Waals surface area contributed by atoms with Crippen molar-refractivity contribution in [3.8, 4) is 0 Å². The Kier molecular flexibility index (Phi) is 3.84. The Balaban J connectivity index is 2.65. The number of hydrogen-bond donors (Lipinski definition) is 2. The van der Waals surface area contributed by atoms with Gasteiger partial charge in [-0.2, -0.15) is 0 Å². The molecule has 1 heterocycles. The molecular formula is C9H15N5O. The molecule has 1 atom stereocenters. The third kappa shape index (κ3) is 3.08. The van der Waals surface area contributed by atoms with Gasteiger partial charge in [0.25, 0.3) is 0 Å². The zero-order valence-electron chi connectivity index (χ0n) is 8.83. The predicted octanol–water partition coefficient (Wildman–Crippen LogP) is 0.438. The first-order chi connectivity index (χ1) is 7.15. The van der Waals surface area contributed by atoms with Gasteiger partial charge in [0.15, 0.2) is 0 Å². The second kappa shape index (κ2) is 5.14. The van der Waals surface area contributed by atoms with Crippen molar-refractivity contribution in [2.75, 3.05) is 11.9 Å². The van der Waals surface area contributed by atoms with Gasteiger partial charge in [-0.25, -0.2) is 4.98 Å². The van der Waals surface area contributed by atoms with E-state index in [1.54, 1.807) is 18.6 Å². The SMILES string of the molecule is CC(CC(N)=NO)N(C)c1cnccn1. The third-order valence-electron chi connectivity index (χ3n) is 2.21. The summed E-state index contributed by atoms with van der Waals surface area (Å²) in [7, 11) is 1.89. The molecule has 15 heavy (non-hydrogen) atoms. The molecule has 0 radical (unpaired) electrons. The van der Waals surface area contributed by atoms with Crippen LogP contribution in [0.25, 0.3) is 0 Å². The van der Waals surface area contributed by atoms with E-state index in [9.17, 15) is 0 Å². The van der Waals surface area contributed by atoms with E-state index >= 15 is 0 Å². The van der Waals surface area contributed by atoms with Crippen molar-refractivity contribution in [3.05, 3.63) is 18.6 Å². The maximum atomic E-state index is 8.45. The lowest BCUT2D eigenvalue weighted by Crippen LogP contribution is -2.33. The highest BCUT2D eigenvalue weighted by molar-refractivity contribution is 5.80. The number of amidine groups is 1. The van der Waals surface area contributed by atoms with Crippen molar-refractivity contribution in [1.82, 2.24) is 9.97 Å². The van der Waals surface area contributed by atoms with Gasteiger partial charge >= 0.3 is 0 Å². The Morgan fingerprint density at radius 1 is 1.67 bits per heavy atom. The molecule has 0 saturated carbocycles. The summed E-state index contributed by atoms with van der Waals surface area (Å²) in [6.45, 7) is 1.96. The fraction of sp³-hybridized carbons (Fsp3) is 0.444. The number of aromatic nitrogens is 2. The molecule has 1 aromatic heterocycles. The largest absolute Gasteiger partial charge is 0.409 e.